The number of ether oxygens (including phenoxy) is 2. The number of fused-ring (bicyclic) bond motifs is 2. The van der Waals surface area contributed by atoms with E-state index >= 15 is 0 Å². The van der Waals surface area contributed by atoms with Gasteiger partial charge in [0.05, 0.1) is 36.6 Å². The number of piperidine rings is 1. The highest BCUT2D eigenvalue weighted by Crippen LogP contribution is 2.44. The molecular weight excluding hydrogens is 896 g/mol. The Labute approximate surface area is 401 Å². The summed E-state index contributed by atoms with van der Waals surface area (Å²) in [6, 6.07) is 5.92. The minimum absolute atomic E-state index is 0.0261. The Bertz CT molecular complexity index is 2010. The third-order valence-electron chi connectivity index (χ3n) is 14.8. The second-order valence-electron chi connectivity index (χ2n) is 19.6. The van der Waals surface area contributed by atoms with Gasteiger partial charge in [0.25, 0.3) is 11.8 Å². The number of unbranched alkanes of at least 4 members (excludes halogenated alkanes) is 2. The van der Waals surface area contributed by atoms with E-state index in [-0.39, 0.29) is 85.0 Å². The van der Waals surface area contributed by atoms with E-state index in [2.05, 4.69) is 10.6 Å². The Morgan fingerprint density at radius 3 is 2.18 bits per heavy atom. The lowest BCUT2D eigenvalue weighted by molar-refractivity contribution is -0.149. The summed E-state index contributed by atoms with van der Waals surface area (Å²) in [7, 11) is -0.144. The zero-order valence-corrected chi connectivity index (χ0v) is 42.0. The second-order valence-corrected chi connectivity index (χ2v) is 21.4. The standard InChI is InChI=1S/C49H75N6O12P/c1-9-31(4)44(37(66-7)29-42(59)53-26-16-19-36(53)46(67-8)32(5)47(60)50-38(68(63,64)65)27-33-17-12-10-13-18-33)52(6)49(62)43(30(2)3)51-48(61)45-34-21-22-35(28-34)55(45)41(58)20-14-11-15-25-54-39(56)23-24-40(54)57/h10,12-13,17-18,23-24,30-32,34-38,43-46H,9,11,14-16,19-22,25-29H2,1-8H3,(H,50,60)(H,51,61)(H2,63,64,65)/t31-,32+,34-,35+,36-,37+,38+,43-,44-,45-,46+/m0/s1. The first-order valence-corrected chi connectivity index (χ1v) is 26.1. The van der Waals surface area contributed by atoms with Crippen LogP contribution in [0.25, 0.3) is 0 Å². The second kappa shape index (κ2) is 24.4. The molecular formula is C49H75N6O12P. The summed E-state index contributed by atoms with van der Waals surface area (Å²) < 4.78 is 24.4. The number of nitrogens with one attached hydrogen (secondary N) is 2. The first-order chi connectivity index (χ1) is 32.2. The van der Waals surface area contributed by atoms with Crippen LogP contribution in [0, 0.1) is 23.7 Å². The van der Waals surface area contributed by atoms with Crippen molar-refractivity contribution in [2.75, 3.05) is 34.4 Å². The van der Waals surface area contributed by atoms with Crippen molar-refractivity contribution in [2.24, 2.45) is 23.7 Å². The Morgan fingerprint density at radius 2 is 1.57 bits per heavy atom. The lowest BCUT2D eigenvalue weighted by atomic mass is 9.89. The molecule has 7 amide bonds. The maximum absolute atomic E-state index is 14.7. The Balaban J connectivity index is 1.23. The molecule has 2 bridgehead atoms. The number of likely N-dealkylation sites (N-methyl/N-ethyl adjacent to an activating group) is 1. The molecule has 1 aromatic rings. The molecule has 68 heavy (non-hydrogen) atoms. The van der Waals surface area contributed by atoms with Crippen LogP contribution in [0.15, 0.2) is 42.5 Å². The van der Waals surface area contributed by atoms with Gasteiger partial charge in [-0.1, -0.05) is 77.8 Å². The van der Waals surface area contributed by atoms with Crippen molar-refractivity contribution >= 4 is 48.9 Å². The minimum atomic E-state index is -4.76. The molecule has 378 valence electrons. The molecule has 19 heteroatoms. The van der Waals surface area contributed by atoms with Crippen LogP contribution < -0.4 is 10.6 Å². The molecule has 0 radical (unpaired) electrons. The Kier molecular flexibility index (Phi) is 19.5. The molecule has 4 aliphatic rings. The van der Waals surface area contributed by atoms with E-state index in [4.69, 9.17) is 9.47 Å². The van der Waals surface area contributed by atoms with Crippen molar-refractivity contribution in [3.63, 3.8) is 0 Å². The van der Waals surface area contributed by atoms with Gasteiger partial charge >= 0.3 is 7.60 Å². The van der Waals surface area contributed by atoms with Gasteiger partial charge < -0.3 is 44.6 Å². The third kappa shape index (κ3) is 13.0. The number of rotatable bonds is 25. The molecule has 1 aliphatic carbocycles. The van der Waals surface area contributed by atoms with Crippen LogP contribution in [-0.2, 0) is 54.0 Å². The molecule has 4 N–H and O–H groups in total. The molecule has 2 saturated heterocycles. The number of nitrogens with zero attached hydrogens (tertiary/aromatic N) is 4. The summed E-state index contributed by atoms with van der Waals surface area (Å²) in [5.74, 6) is -5.22. The number of amides is 7. The predicted molar refractivity (Wildman–Crippen MR) is 253 cm³/mol. The number of carbonyl (C=O) groups excluding carboxylic acids is 7. The molecule has 0 unspecified atom stereocenters. The number of likely N-dealkylation sites (tertiary alicyclic amines) is 2. The van der Waals surface area contributed by atoms with Crippen molar-refractivity contribution in [1.29, 1.82) is 0 Å². The average molecular weight is 971 g/mol. The van der Waals surface area contributed by atoms with Crippen LogP contribution in [0.5, 0.6) is 0 Å². The third-order valence-corrected chi connectivity index (χ3v) is 15.9. The van der Waals surface area contributed by atoms with Crippen LogP contribution >= 0.6 is 7.60 Å². The summed E-state index contributed by atoms with van der Waals surface area (Å²) in [5, 5.41) is 5.61. The Morgan fingerprint density at radius 1 is 0.897 bits per heavy atom. The summed E-state index contributed by atoms with van der Waals surface area (Å²) >= 11 is 0. The SMILES string of the molecule is CC[C@H](C)[C@@H]([C@@H](CC(=O)N1CCC[C@H]1[C@H](OC)[C@@H](C)C(=O)N[C@@H](Cc1ccccc1)P(=O)(O)O)OC)N(C)C(=O)[C@@H](NC(=O)[C@@H]1[C@H]2CC[C@H](C2)N1C(=O)CCCCCN1C(=O)C=CC1=O)C(C)C. The van der Waals surface area contributed by atoms with Crippen molar-refractivity contribution in [1.82, 2.24) is 30.2 Å². The molecule has 18 nitrogen and oxygen atoms in total. The average Bonchev–Trinajstić information content (AvgIpc) is 4.13. The van der Waals surface area contributed by atoms with Gasteiger partial charge in [0.15, 0.2) is 0 Å². The topological polar surface area (TPSA) is 232 Å². The van der Waals surface area contributed by atoms with Crippen LogP contribution in [0.3, 0.4) is 0 Å². The van der Waals surface area contributed by atoms with Gasteiger partial charge in [-0.2, -0.15) is 0 Å². The number of hydrogen-bond donors (Lipinski definition) is 4. The van der Waals surface area contributed by atoms with Gasteiger partial charge in [-0.25, -0.2) is 0 Å². The summed E-state index contributed by atoms with van der Waals surface area (Å²) in [5.41, 5.74) is 0.647. The summed E-state index contributed by atoms with van der Waals surface area (Å²) in [6.45, 7) is 9.97. The minimum Gasteiger partial charge on any atom is -0.379 e. The van der Waals surface area contributed by atoms with Crippen molar-refractivity contribution in [3.8, 4) is 0 Å². The van der Waals surface area contributed by atoms with Crippen molar-refractivity contribution in [2.45, 2.75) is 160 Å². The fourth-order valence-corrected chi connectivity index (χ4v) is 11.6. The fourth-order valence-electron chi connectivity index (χ4n) is 10.9. The molecule has 1 aromatic carbocycles. The highest BCUT2D eigenvalue weighted by molar-refractivity contribution is 7.52. The maximum atomic E-state index is 14.7. The molecule has 1 saturated carbocycles. The number of carbonyl (C=O) groups is 7. The van der Waals surface area contributed by atoms with Crippen molar-refractivity contribution < 1.29 is 57.4 Å². The smallest absolute Gasteiger partial charge is 0.347 e. The zero-order valence-electron chi connectivity index (χ0n) is 41.1. The lowest BCUT2D eigenvalue weighted by Crippen LogP contribution is -2.60. The van der Waals surface area contributed by atoms with Gasteiger partial charge in [0.1, 0.15) is 17.9 Å². The molecule has 0 spiro atoms. The van der Waals surface area contributed by atoms with E-state index in [1.54, 1.807) is 59.0 Å². The highest BCUT2D eigenvalue weighted by atomic mass is 31.2. The normalized spacial score (nSPS) is 23.4. The Hall–Kier alpha value is -4.48. The molecule has 5 rings (SSSR count). The number of hydrogen-bond acceptors (Lipinski definition) is 10. The van der Waals surface area contributed by atoms with E-state index in [9.17, 15) is 47.9 Å². The first-order valence-electron chi connectivity index (χ1n) is 24.4. The highest BCUT2D eigenvalue weighted by Gasteiger charge is 2.52. The number of methoxy groups -OCH3 is 2. The predicted octanol–water partition coefficient (Wildman–Crippen LogP) is 3.78. The molecule has 11 atom stereocenters. The van der Waals surface area contributed by atoms with Crippen LogP contribution in [-0.4, -0.2) is 153 Å². The van der Waals surface area contributed by atoms with E-state index < -0.39 is 61.6 Å². The maximum Gasteiger partial charge on any atom is 0.347 e. The largest absolute Gasteiger partial charge is 0.379 e. The van der Waals surface area contributed by atoms with Gasteiger partial charge in [0.2, 0.25) is 29.5 Å². The van der Waals surface area contributed by atoms with E-state index in [0.717, 1.165) is 19.3 Å². The molecule has 3 heterocycles. The van der Waals surface area contributed by atoms with E-state index in [1.165, 1.54) is 31.3 Å². The van der Waals surface area contributed by atoms with Gasteiger partial charge in [-0.05, 0) is 68.3 Å². The molecule has 0 aromatic heterocycles. The van der Waals surface area contributed by atoms with Crippen molar-refractivity contribution in [3.05, 3.63) is 48.0 Å². The van der Waals surface area contributed by atoms with Gasteiger partial charge in [-0.3, -0.25) is 43.0 Å². The zero-order chi connectivity index (χ0) is 50.0. The fraction of sp³-hybridized carbons (Fsp3) is 0.694. The molecule has 3 fully saturated rings. The summed E-state index contributed by atoms with van der Waals surface area (Å²) in [6.07, 6.45) is 6.89. The van der Waals surface area contributed by atoms with E-state index in [1.807, 2.05) is 27.7 Å². The summed E-state index contributed by atoms with van der Waals surface area (Å²) in [4.78, 5) is 121. The monoisotopic (exact) mass is 971 g/mol. The molecule has 3 aliphatic heterocycles. The van der Waals surface area contributed by atoms with Gasteiger partial charge in [0, 0.05) is 65.4 Å². The number of benzene rings is 1. The quantitative estimate of drug-likeness (QED) is 0.0624. The van der Waals surface area contributed by atoms with Crippen LogP contribution in [0.2, 0.25) is 0 Å². The lowest BCUT2D eigenvalue weighted by Gasteiger charge is -2.41. The van der Waals surface area contributed by atoms with Crippen LogP contribution in [0.1, 0.15) is 111 Å². The van der Waals surface area contributed by atoms with Crippen LogP contribution in [0.4, 0.5) is 0 Å². The number of imide groups is 1. The van der Waals surface area contributed by atoms with Gasteiger partial charge in [-0.15, -0.1) is 0 Å². The first kappa shape index (κ1) is 54.5. The van der Waals surface area contributed by atoms with E-state index in [0.29, 0.717) is 50.6 Å².